The van der Waals surface area contributed by atoms with E-state index >= 15 is 0 Å². The normalized spacial score (nSPS) is 10.3. The van der Waals surface area contributed by atoms with Crippen LogP contribution in [0.15, 0.2) is 24.3 Å². The summed E-state index contributed by atoms with van der Waals surface area (Å²) in [5, 5.41) is 8.82. The van der Waals surface area contributed by atoms with Crippen molar-refractivity contribution in [3.05, 3.63) is 29.8 Å². The SMILES string of the molecule is COCCOCOc1ccc(CO)cc1. The van der Waals surface area contributed by atoms with Crippen molar-refractivity contribution in [2.75, 3.05) is 27.1 Å². The van der Waals surface area contributed by atoms with Crippen molar-refractivity contribution in [2.45, 2.75) is 6.61 Å². The predicted octanol–water partition coefficient (Wildman–Crippen LogP) is 1.18. The van der Waals surface area contributed by atoms with E-state index in [2.05, 4.69) is 0 Å². The van der Waals surface area contributed by atoms with Gasteiger partial charge in [0.05, 0.1) is 19.8 Å². The molecule has 0 aliphatic carbocycles. The fourth-order valence-corrected chi connectivity index (χ4v) is 1.00. The summed E-state index contributed by atoms with van der Waals surface area (Å²) in [6.07, 6.45) is 0. The van der Waals surface area contributed by atoms with E-state index in [9.17, 15) is 0 Å². The molecule has 0 bridgehead atoms. The molecule has 1 aromatic carbocycles. The molecule has 0 heterocycles. The molecule has 4 nitrogen and oxygen atoms in total. The Kier molecular flexibility index (Phi) is 5.77. The van der Waals surface area contributed by atoms with Crippen LogP contribution in [0.25, 0.3) is 0 Å². The molecular weight excluding hydrogens is 196 g/mol. The van der Waals surface area contributed by atoms with Crippen LogP contribution in [-0.2, 0) is 16.1 Å². The van der Waals surface area contributed by atoms with Crippen LogP contribution >= 0.6 is 0 Å². The summed E-state index contributed by atoms with van der Waals surface area (Å²) in [4.78, 5) is 0. The monoisotopic (exact) mass is 212 g/mol. The van der Waals surface area contributed by atoms with Crippen LogP contribution in [-0.4, -0.2) is 32.2 Å². The summed E-state index contributed by atoms with van der Waals surface area (Å²) in [6.45, 7) is 1.34. The number of ether oxygens (including phenoxy) is 3. The molecule has 0 aliphatic rings. The standard InChI is InChI=1S/C11H16O4/c1-13-6-7-14-9-15-11-4-2-10(8-12)3-5-11/h2-5,12H,6-9H2,1H3. The molecule has 0 aliphatic heterocycles. The molecule has 0 saturated carbocycles. The number of hydrogen-bond acceptors (Lipinski definition) is 4. The Bertz CT molecular complexity index is 258. The van der Waals surface area contributed by atoms with Gasteiger partial charge in [-0.2, -0.15) is 0 Å². The third kappa shape index (κ3) is 4.78. The molecule has 0 radical (unpaired) electrons. The second-order valence-corrected chi connectivity index (χ2v) is 2.97. The van der Waals surface area contributed by atoms with Crippen LogP contribution in [0.3, 0.4) is 0 Å². The van der Waals surface area contributed by atoms with Crippen LogP contribution in [0.1, 0.15) is 5.56 Å². The molecule has 1 N–H and O–H groups in total. The van der Waals surface area contributed by atoms with Gasteiger partial charge in [0.1, 0.15) is 5.75 Å². The van der Waals surface area contributed by atoms with E-state index in [0.717, 1.165) is 11.3 Å². The van der Waals surface area contributed by atoms with Gasteiger partial charge in [0.2, 0.25) is 0 Å². The first-order valence-corrected chi connectivity index (χ1v) is 4.76. The largest absolute Gasteiger partial charge is 0.468 e. The van der Waals surface area contributed by atoms with Gasteiger partial charge in [-0.3, -0.25) is 0 Å². The molecule has 4 heteroatoms. The first-order valence-electron chi connectivity index (χ1n) is 4.76. The lowest BCUT2D eigenvalue weighted by molar-refractivity contribution is -0.00848. The zero-order valence-electron chi connectivity index (χ0n) is 8.81. The molecule has 0 amide bonds. The maximum absolute atomic E-state index is 8.82. The first kappa shape index (κ1) is 12.0. The highest BCUT2D eigenvalue weighted by atomic mass is 16.7. The number of rotatable bonds is 7. The molecule has 84 valence electrons. The van der Waals surface area contributed by atoms with Gasteiger partial charge in [-0.1, -0.05) is 12.1 Å². The Labute approximate surface area is 89.4 Å². The van der Waals surface area contributed by atoms with E-state index in [4.69, 9.17) is 19.3 Å². The maximum Gasteiger partial charge on any atom is 0.189 e. The van der Waals surface area contributed by atoms with Crippen LogP contribution in [0, 0.1) is 0 Å². The summed E-state index contributed by atoms with van der Waals surface area (Å²) >= 11 is 0. The minimum atomic E-state index is 0.0462. The topological polar surface area (TPSA) is 47.9 Å². The quantitative estimate of drug-likeness (QED) is 0.544. The molecule has 0 atom stereocenters. The number of hydrogen-bond donors (Lipinski definition) is 1. The smallest absolute Gasteiger partial charge is 0.189 e. The minimum absolute atomic E-state index is 0.0462. The Hall–Kier alpha value is -1.10. The molecule has 0 spiro atoms. The third-order valence-electron chi connectivity index (χ3n) is 1.85. The van der Waals surface area contributed by atoms with Gasteiger partial charge in [0.25, 0.3) is 0 Å². The first-order chi connectivity index (χ1) is 7.36. The lowest BCUT2D eigenvalue weighted by Gasteiger charge is -2.07. The van der Waals surface area contributed by atoms with Crippen LogP contribution < -0.4 is 4.74 Å². The van der Waals surface area contributed by atoms with E-state index in [-0.39, 0.29) is 13.4 Å². The summed E-state index contributed by atoms with van der Waals surface area (Å²) < 4.78 is 15.2. The fraction of sp³-hybridized carbons (Fsp3) is 0.455. The summed E-state index contributed by atoms with van der Waals surface area (Å²) in [5.74, 6) is 0.726. The lowest BCUT2D eigenvalue weighted by atomic mass is 10.2. The van der Waals surface area contributed by atoms with E-state index < -0.39 is 0 Å². The number of aliphatic hydroxyl groups excluding tert-OH is 1. The van der Waals surface area contributed by atoms with E-state index in [1.54, 1.807) is 19.2 Å². The fourth-order valence-electron chi connectivity index (χ4n) is 1.00. The molecule has 0 fully saturated rings. The average Bonchev–Trinajstić information content (AvgIpc) is 2.30. The predicted molar refractivity (Wildman–Crippen MR) is 55.7 cm³/mol. The van der Waals surface area contributed by atoms with Crippen LogP contribution in [0.2, 0.25) is 0 Å². The van der Waals surface area contributed by atoms with Crippen molar-refractivity contribution in [3.8, 4) is 5.75 Å². The average molecular weight is 212 g/mol. The molecule has 15 heavy (non-hydrogen) atoms. The van der Waals surface area contributed by atoms with Gasteiger partial charge in [-0.15, -0.1) is 0 Å². The second-order valence-electron chi connectivity index (χ2n) is 2.97. The minimum Gasteiger partial charge on any atom is -0.468 e. The Morgan fingerprint density at radius 2 is 1.87 bits per heavy atom. The molecule has 0 unspecified atom stereocenters. The van der Waals surface area contributed by atoms with Gasteiger partial charge in [0, 0.05) is 7.11 Å². The molecule has 0 aromatic heterocycles. The van der Waals surface area contributed by atoms with Gasteiger partial charge < -0.3 is 19.3 Å². The van der Waals surface area contributed by atoms with Crippen LogP contribution in [0.4, 0.5) is 0 Å². The van der Waals surface area contributed by atoms with Gasteiger partial charge in [-0.25, -0.2) is 0 Å². The maximum atomic E-state index is 8.82. The molecule has 0 saturated heterocycles. The van der Waals surface area contributed by atoms with Gasteiger partial charge in [0.15, 0.2) is 6.79 Å². The van der Waals surface area contributed by atoms with Crippen molar-refractivity contribution in [2.24, 2.45) is 0 Å². The molecule has 1 aromatic rings. The zero-order chi connectivity index (χ0) is 10.9. The Morgan fingerprint density at radius 1 is 1.13 bits per heavy atom. The van der Waals surface area contributed by atoms with E-state index in [0.29, 0.717) is 13.2 Å². The van der Waals surface area contributed by atoms with E-state index in [1.807, 2.05) is 12.1 Å². The molecule has 1 rings (SSSR count). The summed E-state index contributed by atoms with van der Waals surface area (Å²) in [5.41, 5.74) is 0.864. The van der Waals surface area contributed by atoms with Crippen molar-refractivity contribution in [1.82, 2.24) is 0 Å². The Morgan fingerprint density at radius 3 is 2.47 bits per heavy atom. The van der Waals surface area contributed by atoms with Crippen LogP contribution in [0.5, 0.6) is 5.75 Å². The summed E-state index contributed by atoms with van der Waals surface area (Å²) in [7, 11) is 1.62. The van der Waals surface area contributed by atoms with Crippen molar-refractivity contribution in [1.29, 1.82) is 0 Å². The molecular formula is C11H16O4. The van der Waals surface area contributed by atoms with Gasteiger partial charge in [-0.05, 0) is 17.7 Å². The number of aliphatic hydroxyl groups is 1. The number of methoxy groups -OCH3 is 1. The highest BCUT2D eigenvalue weighted by Crippen LogP contribution is 2.11. The highest BCUT2D eigenvalue weighted by molar-refractivity contribution is 5.26. The van der Waals surface area contributed by atoms with Gasteiger partial charge >= 0.3 is 0 Å². The summed E-state index contributed by atoms with van der Waals surface area (Å²) in [6, 6.07) is 7.21. The zero-order valence-corrected chi connectivity index (χ0v) is 8.81. The second kappa shape index (κ2) is 7.23. The highest BCUT2D eigenvalue weighted by Gasteiger charge is 1.94. The van der Waals surface area contributed by atoms with Crippen molar-refractivity contribution in [3.63, 3.8) is 0 Å². The number of benzene rings is 1. The van der Waals surface area contributed by atoms with E-state index in [1.165, 1.54) is 0 Å². The van der Waals surface area contributed by atoms with Crippen molar-refractivity contribution < 1.29 is 19.3 Å². The lowest BCUT2D eigenvalue weighted by Crippen LogP contribution is -2.07. The Balaban J connectivity index is 2.20. The van der Waals surface area contributed by atoms with Crippen molar-refractivity contribution >= 4 is 0 Å². The third-order valence-corrected chi connectivity index (χ3v) is 1.85.